The van der Waals surface area contributed by atoms with E-state index in [-0.39, 0.29) is 22.5 Å². The van der Waals surface area contributed by atoms with Crippen molar-refractivity contribution >= 4 is 23.2 Å². The summed E-state index contributed by atoms with van der Waals surface area (Å²) in [6, 6.07) is 10.0. The van der Waals surface area contributed by atoms with Gasteiger partial charge in [0, 0.05) is 11.6 Å². The SMILES string of the molecule is CC(C)(C)C.CCc1cc(-n2nc(C#N)c(=O)[nH]c2=O)cc(Cl)c1Oc1ccc(NC(=O)C(C)C)c(C)c1. The van der Waals surface area contributed by atoms with Crippen LogP contribution in [0.2, 0.25) is 5.02 Å². The largest absolute Gasteiger partial charge is 0.456 e. The minimum Gasteiger partial charge on any atom is -0.456 e. The van der Waals surface area contributed by atoms with Gasteiger partial charge in [-0.25, -0.2) is 4.79 Å². The van der Waals surface area contributed by atoms with Crippen molar-refractivity contribution in [2.24, 2.45) is 11.3 Å². The Labute approximate surface area is 227 Å². The molecule has 38 heavy (non-hydrogen) atoms. The van der Waals surface area contributed by atoms with Crippen molar-refractivity contribution in [3.8, 4) is 23.3 Å². The molecule has 3 rings (SSSR count). The van der Waals surface area contributed by atoms with Crippen LogP contribution in [-0.2, 0) is 11.2 Å². The summed E-state index contributed by atoms with van der Waals surface area (Å²) in [5, 5.41) is 15.9. The maximum atomic E-state index is 12.2. The van der Waals surface area contributed by atoms with E-state index in [4.69, 9.17) is 21.6 Å². The normalized spacial score (nSPS) is 10.9. The van der Waals surface area contributed by atoms with E-state index < -0.39 is 16.9 Å². The lowest BCUT2D eigenvalue weighted by atomic mass is 10.0. The maximum absolute atomic E-state index is 12.2. The van der Waals surface area contributed by atoms with Crippen LogP contribution in [0.5, 0.6) is 11.5 Å². The molecule has 10 heteroatoms. The Kier molecular flexibility index (Phi) is 10.0. The number of rotatable bonds is 6. The highest BCUT2D eigenvalue weighted by atomic mass is 35.5. The average Bonchev–Trinajstić information content (AvgIpc) is 2.80. The van der Waals surface area contributed by atoms with E-state index in [9.17, 15) is 14.4 Å². The van der Waals surface area contributed by atoms with Gasteiger partial charge in [0.05, 0.1) is 10.7 Å². The summed E-state index contributed by atoms with van der Waals surface area (Å²) in [6.45, 7) is 16.1. The van der Waals surface area contributed by atoms with Crippen molar-refractivity contribution < 1.29 is 9.53 Å². The number of ether oxygens (including phenoxy) is 1. The first kappa shape index (κ1) is 30.3. The van der Waals surface area contributed by atoms with E-state index in [1.54, 1.807) is 30.3 Å². The van der Waals surface area contributed by atoms with E-state index in [0.29, 0.717) is 34.6 Å². The molecule has 1 aromatic heterocycles. The van der Waals surface area contributed by atoms with Crippen molar-refractivity contribution in [3.05, 3.63) is 73.0 Å². The van der Waals surface area contributed by atoms with Crippen LogP contribution in [0.25, 0.3) is 5.69 Å². The molecule has 0 fully saturated rings. The molecule has 1 heterocycles. The Morgan fingerprint density at radius 3 is 2.37 bits per heavy atom. The minimum atomic E-state index is -0.857. The lowest BCUT2D eigenvalue weighted by Gasteiger charge is -2.16. The van der Waals surface area contributed by atoms with Crippen LogP contribution in [0.4, 0.5) is 5.69 Å². The van der Waals surface area contributed by atoms with Crippen LogP contribution in [0.15, 0.2) is 39.9 Å². The average molecular weight is 540 g/mol. The summed E-state index contributed by atoms with van der Waals surface area (Å²) >= 11 is 6.48. The zero-order valence-corrected chi connectivity index (χ0v) is 23.8. The van der Waals surface area contributed by atoms with Gasteiger partial charge >= 0.3 is 5.69 Å². The Balaban J connectivity index is 0.000000926. The van der Waals surface area contributed by atoms with Gasteiger partial charge in [-0.3, -0.25) is 14.6 Å². The van der Waals surface area contributed by atoms with Crippen molar-refractivity contribution in [2.45, 2.75) is 61.8 Å². The summed E-state index contributed by atoms with van der Waals surface area (Å²) in [7, 11) is 0. The number of halogens is 1. The fourth-order valence-corrected chi connectivity index (χ4v) is 3.29. The zero-order valence-electron chi connectivity index (χ0n) is 23.0. The molecule has 0 spiro atoms. The van der Waals surface area contributed by atoms with Gasteiger partial charge in [-0.15, -0.1) is 5.10 Å². The van der Waals surface area contributed by atoms with Crippen LogP contribution < -0.4 is 21.3 Å². The number of H-pyrrole nitrogens is 1. The molecule has 2 N–H and O–H groups in total. The standard InChI is InChI=1S/C23H22ClN5O4.C5H12/c1-5-14-9-15(29-23(32)27-22(31)19(11-25)28-29)10-17(24)20(14)33-16-6-7-18(13(4)8-16)26-21(30)12(2)3;1-5(2,3)4/h6-10,12H,5H2,1-4H3,(H,26,30)(H,27,31,32);1-4H3. The quantitative estimate of drug-likeness (QED) is 0.410. The van der Waals surface area contributed by atoms with Crippen molar-refractivity contribution in [1.82, 2.24) is 14.8 Å². The predicted molar refractivity (Wildman–Crippen MR) is 149 cm³/mol. The monoisotopic (exact) mass is 539 g/mol. The van der Waals surface area contributed by atoms with Gasteiger partial charge in [0.1, 0.15) is 17.6 Å². The minimum absolute atomic E-state index is 0.0793. The van der Waals surface area contributed by atoms with Crippen molar-refractivity contribution in [2.75, 3.05) is 5.32 Å². The summed E-state index contributed by atoms with van der Waals surface area (Å²) in [4.78, 5) is 37.9. The molecule has 0 unspecified atom stereocenters. The molecular weight excluding hydrogens is 506 g/mol. The molecule has 0 atom stereocenters. The fraction of sp³-hybridized carbons (Fsp3) is 0.393. The zero-order chi connectivity index (χ0) is 28.8. The molecule has 2 aromatic carbocycles. The molecule has 0 radical (unpaired) electrons. The van der Waals surface area contributed by atoms with E-state index in [0.717, 1.165) is 10.2 Å². The molecule has 0 saturated carbocycles. The highest BCUT2D eigenvalue weighted by molar-refractivity contribution is 6.32. The lowest BCUT2D eigenvalue weighted by Crippen LogP contribution is -2.33. The second kappa shape index (κ2) is 12.6. The number of aromatic amines is 1. The fourth-order valence-electron chi connectivity index (χ4n) is 3.02. The van der Waals surface area contributed by atoms with Gasteiger partial charge in [0.15, 0.2) is 0 Å². The number of hydrogen-bond acceptors (Lipinski definition) is 6. The second-order valence-corrected chi connectivity index (χ2v) is 11.0. The van der Waals surface area contributed by atoms with Crippen molar-refractivity contribution in [1.29, 1.82) is 5.26 Å². The molecule has 0 bridgehead atoms. The number of carbonyl (C=O) groups is 1. The van der Waals surface area contributed by atoms with Crippen molar-refractivity contribution in [3.63, 3.8) is 0 Å². The first-order valence-corrected chi connectivity index (χ1v) is 12.6. The van der Waals surface area contributed by atoms with Gasteiger partial charge in [0.25, 0.3) is 5.56 Å². The molecular formula is C28H34ClN5O4. The third-order valence-electron chi connectivity index (χ3n) is 4.86. The summed E-state index contributed by atoms with van der Waals surface area (Å²) in [5.41, 5.74) is 0.888. The van der Waals surface area contributed by atoms with Crippen LogP contribution in [0, 0.1) is 29.6 Å². The molecule has 1 amide bonds. The van der Waals surface area contributed by atoms with Crippen LogP contribution in [0.3, 0.4) is 0 Å². The highest BCUT2D eigenvalue weighted by Gasteiger charge is 2.16. The Bertz CT molecular complexity index is 1470. The van der Waals surface area contributed by atoms with Crippen LogP contribution in [0.1, 0.15) is 65.3 Å². The number of benzene rings is 2. The van der Waals surface area contributed by atoms with Gasteiger partial charge in [0.2, 0.25) is 11.6 Å². The van der Waals surface area contributed by atoms with Gasteiger partial charge in [-0.05, 0) is 60.2 Å². The maximum Gasteiger partial charge on any atom is 0.349 e. The number of aromatic nitrogens is 3. The van der Waals surface area contributed by atoms with Crippen LogP contribution >= 0.6 is 11.6 Å². The Morgan fingerprint density at radius 2 is 1.84 bits per heavy atom. The third kappa shape index (κ3) is 8.32. The summed E-state index contributed by atoms with van der Waals surface area (Å²) in [5.74, 6) is 0.701. The highest BCUT2D eigenvalue weighted by Crippen LogP contribution is 2.36. The number of nitriles is 1. The molecule has 0 aliphatic rings. The predicted octanol–water partition coefficient (Wildman–Crippen LogP) is 5.76. The Morgan fingerprint density at radius 1 is 1.21 bits per heavy atom. The van der Waals surface area contributed by atoms with E-state index >= 15 is 0 Å². The number of aryl methyl sites for hydroxylation is 2. The molecule has 9 nitrogen and oxygen atoms in total. The number of carbonyl (C=O) groups excluding carboxylic acids is 1. The third-order valence-corrected chi connectivity index (χ3v) is 5.15. The summed E-state index contributed by atoms with van der Waals surface area (Å²) in [6.07, 6.45) is 0.521. The topological polar surface area (TPSA) is 130 Å². The molecule has 202 valence electrons. The lowest BCUT2D eigenvalue weighted by molar-refractivity contribution is -0.118. The smallest absolute Gasteiger partial charge is 0.349 e. The number of amides is 1. The number of nitrogens with zero attached hydrogens (tertiary/aromatic N) is 3. The van der Waals surface area contributed by atoms with E-state index in [2.05, 4.69) is 43.1 Å². The van der Waals surface area contributed by atoms with E-state index in [1.807, 2.05) is 27.7 Å². The molecule has 0 aliphatic heterocycles. The van der Waals surface area contributed by atoms with Crippen LogP contribution in [-0.4, -0.2) is 20.7 Å². The number of hydrogen-bond donors (Lipinski definition) is 2. The molecule has 0 saturated heterocycles. The molecule has 0 aliphatic carbocycles. The van der Waals surface area contributed by atoms with Gasteiger partial charge in [-0.2, -0.15) is 9.94 Å². The van der Waals surface area contributed by atoms with Gasteiger partial charge in [-0.1, -0.05) is 60.1 Å². The number of nitrogens with one attached hydrogen (secondary N) is 2. The second-order valence-electron chi connectivity index (χ2n) is 10.6. The van der Waals surface area contributed by atoms with E-state index in [1.165, 1.54) is 6.07 Å². The first-order chi connectivity index (χ1) is 17.6. The molecule has 3 aromatic rings. The Hall–Kier alpha value is -3.90. The number of anilines is 1. The first-order valence-electron chi connectivity index (χ1n) is 12.2. The summed E-state index contributed by atoms with van der Waals surface area (Å²) < 4.78 is 6.95. The van der Waals surface area contributed by atoms with Gasteiger partial charge < -0.3 is 10.1 Å².